The highest BCUT2D eigenvalue weighted by atomic mass is 79.9. The first-order valence-electron chi connectivity index (χ1n) is 43.7. The smallest absolute Gasteiger partial charge is 0.191 e. The molecule has 22 nitrogen and oxygen atoms in total. The van der Waals surface area contributed by atoms with Crippen LogP contribution in [0.5, 0.6) is 0 Å². The SMILES string of the molecule is CN(C)[C@@H]1CCc2c(C(N)=NO)cccc21.CN[C@@H]1CCc2c(C(N)=NO)cccc21.O=C1CCc2c(Br)cccc21.[C-]#[N+]c1cccc2c1CCC2=N[S@](=O)C(C)(C)C.[C-]#[N+]c1cccc2c1CCC2=O.[C-]#[N+]c1cccc2c1CC[C@H]2C.[C-]#[N+]c1cccc2c1CC[C@H]2N(C)C.[C-]#[N+]c1cccc2c1CC[C@H]2NC.[C-]#[N+]c1cccc2c1CC[C@H]2N[S@](=O)C(C)(C)C. The van der Waals surface area contributed by atoms with Crippen molar-refractivity contribution < 1.29 is 28.4 Å². The van der Waals surface area contributed by atoms with Gasteiger partial charge in [-0.2, -0.15) is 4.40 Å². The van der Waals surface area contributed by atoms with Crippen LogP contribution in [0.4, 0.5) is 34.1 Å². The Hall–Kier alpha value is -12.0. The van der Waals surface area contributed by atoms with Gasteiger partial charge >= 0.3 is 0 Å². The molecule has 0 aliphatic heterocycles. The third-order valence-corrected chi connectivity index (χ3v) is 28.7. The van der Waals surface area contributed by atoms with Crippen LogP contribution in [0.3, 0.4) is 0 Å². The molecule has 9 aromatic carbocycles. The minimum absolute atomic E-state index is 0.113. The van der Waals surface area contributed by atoms with Crippen molar-refractivity contribution in [3.8, 4) is 0 Å². The lowest BCUT2D eigenvalue weighted by Crippen LogP contribution is -2.35. The van der Waals surface area contributed by atoms with E-state index in [4.69, 9.17) is 61.3 Å². The summed E-state index contributed by atoms with van der Waals surface area (Å²) in [7, 11) is 9.99. The molecule has 0 radical (unpaired) electrons. The Bertz CT molecular complexity index is 6040. The summed E-state index contributed by atoms with van der Waals surface area (Å²) in [5.41, 5.74) is 39.4. The van der Waals surface area contributed by atoms with E-state index in [0.29, 0.717) is 54.3 Å². The summed E-state index contributed by atoms with van der Waals surface area (Å²) in [6, 6.07) is 54.6. The van der Waals surface area contributed by atoms with Gasteiger partial charge in [-0.3, -0.25) is 9.59 Å². The Morgan fingerprint density at radius 1 is 0.403 bits per heavy atom. The van der Waals surface area contributed by atoms with Crippen LogP contribution in [0.1, 0.15) is 263 Å². The van der Waals surface area contributed by atoms with Crippen LogP contribution in [0.15, 0.2) is 183 Å². The van der Waals surface area contributed by atoms with Crippen molar-refractivity contribution in [2.75, 3.05) is 42.3 Å². The van der Waals surface area contributed by atoms with Crippen LogP contribution in [0.2, 0.25) is 0 Å². The fraction of sp³-hybridized carbons (Fsp3) is 0.375. The summed E-state index contributed by atoms with van der Waals surface area (Å²) in [6.07, 6.45) is 17.1. The first-order valence-corrected chi connectivity index (χ1v) is 46.7. The Kier molecular flexibility index (Phi) is 35.3. The first kappa shape index (κ1) is 99.2. The molecule has 0 heterocycles. The Labute approximate surface area is 775 Å². The first-order chi connectivity index (χ1) is 61.8. The zero-order chi connectivity index (χ0) is 93.6. The van der Waals surface area contributed by atoms with Gasteiger partial charge in [-0.05, 0) is 282 Å². The monoisotopic (exact) mass is 1830 g/mol. The summed E-state index contributed by atoms with van der Waals surface area (Å²) >= 11 is 3.42. The van der Waals surface area contributed by atoms with E-state index in [1.165, 1.54) is 67.6 Å². The number of hydrogen-bond acceptors (Lipinski definition) is 12. The second kappa shape index (κ2) is 45.8. The molecule has 0 spiro atoms. The zero-order valence-corrected chi connectivity index (χ0v) is 79.3. The topological polar surface area (TPSA) is 267 Å². The molecule has 25 heteroatoms. The number of carbonyl (C=O) groups is 2. The van der Waals surface area contributed by atoms with Crippen molar-refractivity contribution in [2.24, 2.45) is 26.2 Å². The van der Waals surface area contributed by atoms with Crippen molar-refractivity contribution in [2.45, 2.75) is 210 Å². The highest BCUT2D eigenvalue weighted by Gasteiger charge is 2.33. The molecular weight excluding hydrogens is 1710 g/mol. The van der Waals surface area contributed by atoms with E-state index >= 15 is 0 Å². The largest absolute Gasteiger partial charge is 0.409 e. The zero-order valence-electron chi connectivity index (χ0n) is 76.1. The number of fused-ring (bicyclic) bond motifs is 9. The summed E-state index contributed by atoms with van der Waals surface area (Å²) < 4.78 is 32.2. The predicted molar refractivity (Wildman–Crippen MR) is 525 cm³/mol. The van der Waals surface area contributed by atoms with E-state index in [0.717, 1.165) is 179 Å². The van der Waals surface area contributed by atoms with Crippen LogP contribution in [-0.4, -0.2) is 109 Å². The Morgan fingerprint density at radius 2 is 0.729 bits per heavy atom. The van der Waals surface area contributed by atoms with E-state index in [1.54, 1.807) is 18.2 Å². The minimum atomic E-state index is -1.23. The molecule has 9 aromatic rings. The van der Waals surface area contributed by atoms with Gasteiger partial charge in [0.1, 0.15) is 11.0 Å². The quantitative estimate of drug-likeness (QED) is 0.0234. The molecule has 668 valence electrons. The average molecular weight is 1830 g/mol. The van der Waals surface area contributed by atoms with E-state index in [2.05, 4.69) is 150 Å². The molecule has 9 N–H and O–H groups in total. The van der Waals surface area contributed by atoms with Crippen LogP contribution >= 0.6 is 15.9 Å². The molecule has 9 aliphatic rings. The van der Waals surface area contributed by atoms with Crippen molar-refractivity contribution >= 4 is 101 Å². The summed E-state index contributed by atoms with van der Waals surface area (Å²) in [5, 5.41) is 30.1. The van der Waals surface area contributed by atoms with Gasteiger partial charge in [0, 0.05) is 69.8 Å². The molecule has 0 amide bonds. The molecule has 0 fully saturated rings. The third kappa shape index (κ3) is 24.0. The maximum atomic E-state index is 12.1. The number of benzene rings is 9. The van der Waals surface area contributed by atoms with E-state index in [1.807, 2.05) is 171 Å². The average Bonchev–Trinajstić information content (AvgIpc) is 1.66. The van der Waals surface area contributed by atoms with Crippen LogP contribution < -0.4 is 26.8 Å². The number of hydrogen-bond donors (Lipinski definition) is 7. The molecule has 0 saturated carbocycles. The number of amidine groups is 2. The van der Waals surface area contributed by atoms with Gasteiger partial charge in [0.25, 0.3) is 0 Å². The lowest BCUT2D eigenvalue weighted by Gasteiger charge is -2.22. The number of rotatable bonds is 9. The molecule has 0 saturated heterocycles. The molecule has 9 aliphatic carbocycles. The van der Waals surface area contributed by atoms with Crippen molar-refractivity contribution in [3.05, 3.63) is 348 Å². The minimum Gasteiger partial charge on any atom is -0.409 e. The second-order valence-corrected chi connectivity index (χ2v) is 40.0. The summed E-state index contributed by atoms with van der Waals surface area (Å²) in [5.74, 6) is 1.51. The summed E-state index contributed by atoms with van der Waals surface area (Å²) in [6.45, 7) is 56.2. The van der Waals surface area contributed by atoms with Gasteiger partial charge < -0.3 is 42.3 Å². The number of oxime groups is 2. The lowest BCUT2D eigenvalue weighted by atomic mass is 10.0. The fourth-order valence-corrected chi connectivity index (χ4v) is 20.2. The highest BCUT2D eigenvalue weighted by molar-refractivity contribution is 9.10. The lowest BCUT2D eigenvalue weighted by molar-refractivity contribution is 0.0986. The van der Waals surface area contributed by atoms with Crippen molar-refractivity contribution in [3.63, 3.8) is 0 Å². The van der Waals surface area contributed by atoms with Gasteiger partial charge in [0.15, 0.2) is 57.4 Å². The van der Waals surface area contributed by atoms with Crippen molar-refractivity contribution in [1.82, 2.24) is 25.2 Å². The van der Waals surface area contributed by atoms with Gasteiger partial charge in [-0.1, -0.05) is 196 Å². The number of Topliss-reactive ketones (excluding diaryl/α,β-unsaturated/α-hetero) is 2. The summed E-state index contributed by atoms with van der Waals surface area (Å²) in [4.78, 5) is 47.9. The predicted octanol–water partition coefficient (Wildman–Crippen LogP) is 22.5. The standard InChI is InChI=1S/C14H18N2OS.C14H16N2OS.C12H17N3O.C12H14N2.C11H15N3O.C11H12N2.C11H11N.C10H7NO.C9H7BrO/c2*1-14(2,3)18(17)16-13-9-8-11-10(13)6-5-7-12(11)15-4;1-15(2)11-7-6-8-9(11)4-3-5-10(8)12(13)14-16;1-13-11-6-4-5-10-9(11)7-8-12(10)14(2)3;1-13-10-6-5-7-8(10)3-2-4-9(7)11(12)14-15;1-12-10-5-3-4-8-9(10)6-7-11(8)13-2;1-8-6-7-10-9(8)4-3-5-11(10)12-2;1-11-9-4-2-3-8-7(9)5-6-10(8)12;10-8-3-1-2-7-6(8)4-5-9(7)11/h5-7,13,16H,8-9H2,1-3H3;5-7H,8-9H2,1-3H3;3-5,11,16H,6-7H2,1-2H3,(H2,13,14);4-6,12H,7-8H2,2-3H3;2-4,10,13,15H,5-6H2,1H3,(H2,12,14);3-5,11,13H,6-7H2,2H3;3-5,8H,6-7H2,1H3;2-4H,5-6H2;1-3H,4-5H2/t13-,18-;18-;11-;12-;10-;11-;8-;;/m1111111../s1. The van der Waals surface area contributed by atoms with Crippen LogP contribution in [0, 0.1) is 39.4 Å². The molecule has 129 heavy (non-hydrogen) atoms. The number of carbonyl (C=O) groups excluding carboxylic acids is 2. The number of halogens is 1. The van der Waals surface area contributed by atoms with E-state index in [-0.39, 0.29) is 38.8 Å². The van der Waals surface area contributed by atoms with Gasteiger partial charge in [0.05, 0.1) is 65.6 Å². The molecular formula is C104H117BrN16O6S2. The third-order valence-electron chi connectivity index (χ3n) is 24.9. The van der Waals surface area contributed by atoms with Gasteiger partial charge in [-0.15, -0.1) is 0 Å². The number of nitrogens with two attached hydrogens (primary N) is 2. The van der Waals surface area contributed by atoms with Crippen molar-refractivity contribution in [1.29, 1.82) is 0 Å². The number of nitrogens with zero attached hydrogens (tertiary/aromatic N) is 11. The Morgan fingerprint density at radius 3 is 1.17 bits per heavy atom. The number of ketones is 2. The molecule has 8 atom stereocenters. The van der Waals surface area contributed by atoms with Crippen LogP contribution in [-0.2, 0) is 79.8 Å². The van der Waals surface area contributed by atoms with Crippen LogP contribution in [0.25, 0.3) is 29.1 Å². The normalized spacial score (nSPS) is 18.8. The highest BCUT2D eigenvalue weighted by Crippen LogP contribution is 2.44. The molecule has 18 rings (SSSR count). The van der Waals surface area contributed by atoms with Gasteiger partial charge in [-0.25, -0.2) is 42.2 Å². The maximum absolute atomic E-state index is 12.1. The van der Waals surface area contributed by atoms with E-state index in [9.17, 15) is 18.0 Å². The Balaban J connectivity index is 0.000000152. The molecule has 0 aromatic heterocycles. The van der Waals surface area contributed by atoms with Gasteiger partial charge in [0.2, 0.25) is 0 Å². The fourth-order valence-electron chi connectivity index (χ4n) is 18.1. The number of nitrogens with one attached hydrogen (secondary N) is 3. The second-order valence-electron chi connectivity index (χ2n) is 35.2. The van der Waals surface area contributed by atoms with E-state index < -0.39 is 22.0 Å². The molecule has 0 unspecified atom stereocenters. The molecule has 0 bridgehead atoms. The maximum Gasteiger partial charge on any atom is 0.191 e.